The predicted octanol–water partition coefficient (Wildman–Crippen LogP) is 3.52. The fraction of sp³-hybridized carbons (Fsp3) is 0.611. The SMILES string of the molecule is CCC(SCC1(c2ccc(OC)cc2)OCC(C)(C)CO1)C(=O)O. The van der Waals surface area contributed by atoms with Crippen molar-refractivity contribution in [1.82, 2.24) is 0 Å². The molecule has 1 aliphatic heterocycles. The van der Waals surface area contributed by atoms with Gasteiger partial charge in [0.1, 0.15) is 11.0 Å². The summed E-state index contributed by atoms with van der Waals surface area (Å²) in [6.45, 7) is 7.17. The van der Waals surface area contributed by atoms with Crippen molar-refractivity contribution < 1.29 is 24.1 Å². The Hall–Kier alpha value is -1.24. The molecule has 1 unspecified atom stereocenters. The molecule has 1 N–H and O–H groups in total. The molecule has 1 fully saturated rings. The monoisotopic (exact) mass is 354 g/mol. The first kappa shape index (κ1) is 19.1. The second-order valence-corrected chi connectivity index (χ2v) is 7.96. The lowest BCUT2D eigenvalue weighted by atomic mass is 9.93. The average molecular weight is 354 g/mol. The molecule has 0 aliphatic carbocycles. The Bertz CT molecular complexity index is 545. The molecule has 134 valence electrons. The van der Waals surface area contributed by atoms with E-state index in [0.717, 1.165) is 11.3 Å². The van der Waals surface area contributed by atoms with Gasteiger partial charge in [-0.1, -0.05) is 20.8 Å². The van der Waals surface area contributed by atoms with Gasteiger partial charge in [-0.2, -0.15) is 0 Å². The quantitative estimate of drug-likeness (QED) is 0.808. The molecule has 0 bridgehead atoms. The third-order valence-electron chi connectivity index (χ3n) is 4.04. The van der Waals surface area contributed by atoms with E-state index >= 15 is 0 Å². The summed E-state index contributed by atoms with van der Waals surface area (Å²) < 4.78 is 17.5. The molecular formula is C18H26O5S. The van der Waals surface area contributed by atoms with Crippen molar-refractivity contribution in [2.24, 2.45) is 5.41 Å². The zero-order chi connectivity index (χ0) is 17.8. The number of ether oxygens (including phenoxy) is 3. The Morgan fingerprint density at radius 3 is 2.33 bits per heavy atom. The number of benzene rings is 1. The van der Waals surface area contributed by atoms with Gasteiger partial charge in [-0.05, 0) is 30.7 Å². The second-order valence-electron chi connectivity index (χ2n) is 6.77. The number of thioether (sulfide) groups is 1. The van der Waals surface area contributed by atoms with Gasteiger partial charge in [0.2, 0.25) is 5.79 Å². The van der Waals surface area contributed by atoms with Gasteiger partial charge >= 0.3 is 5.97 Å². The van der Waals surface area contributed by atoms with Crippen LogP contribution in [0.4, 0.5) is 0 Å². The van der Waals surface area contributed by atoms with Gasteiger partial charge < -0.3 is 19.3 Å². The van der Waals surface area contributed by atoms with Crippen molar-refractivity contribution in [3.8, 4) is 5.75 Å². The van der Waals surface area contributed by atoms with Crippen molar-refractivity contribution in [2.75, 3.05) is 26.1 Å². The van der Waals surface area contributed by atoms with E-state index in [1.165, 1.54) is 11.8 Å². The summed E-state index contributed by atoms with van der Waals surface area (Å²) in [6.07, 6.45) is 0.560. The largest absolute Gasteiger partial charge is 0.497 e. The molecule has 0 spiro atoms. The summed E-state index contributed by atoms with van der Waals surface area (Å²) in [4.78, 5) is 11.3. The highest BCUT2D eigenvalue weighted by molar-refractivity contribution is 8.00. The third kappa shape index (κ3) is 4.43. The van der Waals surface area contributed by atoms with E-state index in [1.807, 2.05) is 31.2 Å². The topological polar surface area (TPSA) is 65.0 Å². The second kappa shape index (κ2) is 7.76. The smallest absolute Gasteiger partial charge is 0.316 e. The van der Waals surface area contributed by atoms with Crippen molar-refractivity contribution >= 4 is 17.7 Å². The number of hydrogen-bond donors (Lipinski definition) is 1. The molecule has 1 saturated heterocycles. The van der Waals surface area contributed by atoms with Crippen LogP contribution in [-0.4, -0.2) is 42.4 Å². The molecule has 5 nitrogen and oxygen atoms in total. The molecular weight excluding hydrogens is 328 g/mol. The molecule has 0 saturated carbocycles. The molecule has 2 rings (SSSR count). The van der Waals surface area contributed by atoms with Gasteiger partial charge in [0.15, 0.2) is 0 Å². The van der Waals surface area contributed by atoms with Crippen molar-refractivity contribution in [3.05, 3.63) is 29.8 Å². The first-order chi connectivity index (χ1) is 11.3. The molecule has 1 aromatic carbocycles. The summed E-state index contributed by atoms with van der Waals surface area (Å²) in [5.74, 6) is -0.534. The minimum Gasteiger partial charge on any atom is -0.497 e. The van der Waals surface area contributed by atoms with Gasteiger partial charge in [-0.15, -0.1) is 11.8 Å². The molecule has 0 radical (unpaired) electrons. The summed E-state index contributed by atoms with van der Waals surface area (Å²) in [5.41, 5.74) is 0.823. The lowest BCUT2D eigenvalue weighted by Gasteiger charge is -2.44. The molecule has 0 aromatic heterocycles. The van der Waals surface area contributed by atoms with Crippen molar-refractivity contribution in [3.63, 3.8) is 0 Å². The molecule has 1 heterocycles. The van der Waals surface area contributed by atoms with E-state index in [0.29, 0.717) is 25.4 Å². The van der Waals surface area contributed by atoms with Gasteiger partial charge in [-0.3, -0.25) is 4.79 Å². The summed E-state index contributed by atoms with van der Waals surface area (Å²) in [7, 11) is 1.62. The maximum Gasteiger partial charge on any atom is 0.316 e. The van der Waals surface area contributed by atoms with Crippen LogP contribution in [0, 0.1) is 5.41 Å². The number of carbonyl (C=O) groups is 1. The summed E-state index contributed by atoms with van der Waals surface area (Å²) >= 11 is 1.36. The Balaban J connectivity index is 2.22. The van der Waals surface area contributed by atoms with Crippen molar-refractivity contribution in [1.29, 1.82) is 0 Å². The number of hydrogen-bond acceptors (Lipinski definition) is 5. The highest BCUT2D eigenvalue weighted by Gasteiger charge is 2.43. The fourth-order valence-corrected chi connectivity index (χ4v) is 3.59. The molecule has 1 aliphatic rings. The minimum absolute atomic E-state index is 0.0579. The highest BCUT2D eigenvalue weighted by Crippen LogP contribution is 2.40. The highest BCUT2D eigenvalue weighted by atomic mass is 32.2. The minimum atomic E-state index is -0.921. The number of carboxylic acids is 1. The van der Waals surface area contributed by atoms with Crippen LogP contribution < -0.4 is 4.74 Å². The summed E-state index contributed by atoms with van der Waals surface area (Å²) in [5, 5.41) is 8.82. The van der Waals surface area contributed by atoms with Crippen molar-refractivity contribution in [2.45, 2.75) is 38.2 Å². The number of rotatable bonds is 7. The Labute approximate surface area is 147 Å². The van der Waals surface area contributed by atoms with Crippen LogP contribution in [0.15, 0.2) is 24.3 Å². The molecule has 1 aromatic rings. The number of aliphatic carboxylic acids is 1. The van der Waals surface area contributed by atoms with Crippen LogP contribution in [0.5, 0.6) is 5.75 Å². The first-order valence-electron chi connectivity index (χ1n) is 8.09. The van der Waals surface area contributed by atoms with E-state index in [2.05, 4.69) is 13.8 Å². The third-order valence-corrected chi connectivity index (χ3v) is 5.53. The van der Waals surface area contributed by atoms with Gasteiger partial charge in [0.25, 0.3) is 0 Å². The Morgan fingerprint density at radius 2 is 1.88 bits per heavy atom. The number of methoxy groups -OCH3 is 1. The van der Waals surface area contributed by atoms with Crippen LogP contribution >= 0.6 is 11.8 Å². The first-order valence-corrected chi connectivity index (χ1v) is 9.13. The maximum atomic E-state index is 11.3. The molecule has 6 heteroatoms. The zero-order valence-electron chi connectivity index (χ0n) is 14.7. The maximum absolute atomic E-state index is 11.3. The van der Waals surface area contributed by atoms with Crippen LogP contribution in [0.25, 0.3) is 0 Å². The van der Waals surface area contributed by atoms with Gasteiger partial charge in [0.05, 0.1) is 26.1 Å². The number of carboxylic acid groups (broad SMARTS) is 1. The van der Waals surface area contributed by atoms with Crippen LogP contribution in [0.1, 0.15) is 32.8 Å². The van der Waals surface area contributed by atoms with E-state index in [9.17, 15) is 9.90 Å². The van der Waals surface area contributed by atoms with Gasteiger partial charge in [0, 0.05) is 11.0 Å². The molecule has 1 atom stereocenters. The normalized spacial score (nSPS) is 20.3. The van der Waals surface area contributed by atoms with Gasteiger partial charge in [-0.25, -0.2) is 0 Å². The lowest BCUT2D eigenvalue weighted by molar-refractivity contribution is -0.295. The van der Waals surface area contributed by atoms with E-state index in [-0.39, 0.29) is 5.41 Å². The predicted molar refractivity (Wildman–Crippen MR) is 94.5 cm³/mol. The van der Waals surface area contributed by atoms with Crippen LogP contribution in [-0.2, 0) is 20.1 Å². The standard InChI is InChI=1S/C18H26O5S/c1-5-15(16(19)20)24-12-18(22-10-17(2,3)11-23-18)13-6-8-14(21-4)9-7-13/h6-9,15H,5,10-12H2,1-4H3,(H,19,20). The average Bonchev–Trinajstić information content (AvgIpc) is 2.57. The Morgan fingerprint density at radius 1 is 1.29 bits per heavy atom. The fourth-order valence-electron chi connectivity index (χ4n) is 2.46. The van der Waals surface area contributed by atoms with Crippen LogP contribution in [0.3, 0.4) is 0 Å². The zero-order valence-corrected chi connectivity index (χ0v) is 15.5. The van der Waals surface area contributed by atoms with E-state index in [4.69, 9.17) is 14.2 Å². The lowest BCUT2D eigenvalue weighted by Crippen LogP contribution is -2.47. The summed E-state index contributed by atoms with van der Waals surface area (Å²) in [6, 6.07) is 7.56. The van der Waals surface area contributed by atoms with Crippen LogP contribution in [0.2, 0.25) is 0 Å². The van der Waals surface area contributed by atoms with E-state index in [1.54, 1.807) is 7.11 Å². The van der Waals surface area contributed by atoms with E-state index < -0.39 is 17.0 Å². The molecule has 24 heavy (non-hydrogen) atoms. The molecule has 0 amide bonds. The Kier molecular flexibility index (Phi) is 6.17.